The van der Waals surface area contributed by atoms with Gasteiger partial charge in [0.1, 0.15) is 11.6 Å². The number of likely N-dealkylation sites (tertiary alicyclic amines) is 1. The van der Waals surface area contributed by atoms with Crippen LogP contribution in [0.1, 0.15) is 43.9 Å². The summed E-state index contributed by atoms with van der Waals surface area (Å²) >= 11 is 0. The predicted molar refractivity (Wildman–Crippen MR) is 114 cm³/mol. The van der Waals surface area contributed by atoms with Crippen LogP contribution in [0.4, 0.5) is 35.0 Å². The lowest BCUT2D eigenvalue weighted by molar-refractivity contribution is -0.139. The number of rotatable bonds is 8. The molecule has 9 heteroatoms. The molecule has 1 aliphatic heterocycles. The van der Waals surface area contributed by atoms with Gasteiger partial charge in [-0.05, 0) is 70.9 Å². The zero-order chi connectivity index (χ0) is 22.4. The standard InChI is InChI=1S/C22H29F4N5/c1-3-31(13-7-12-30-10-5-4-6-11-30)20-14-16(2)27-21(29-20)28-17-8-9-19(23)18(15-17)22(24,25)26/h8-9,14-15H,3-7,10-13H2,1-2H3,(H,27,28,29). The molecule has 2 aromatic rings. The summed E-state index contributed by atoms with van der Waals surface area (Å²) in [5.74, 6) is -0.409. The molecule has 0 aliphatic carbocycles. The summed E-state index contributed by atoms with van der Waals surface area (Å²) in [5.41, 5.74) is -0.545. The van der Waals surface area contributed by atoms with Crippen LogP contribution in [-0.2, 0) is 6.18 Å². The van der Waals surface area contributed by atoms with Crippen molar-refractivity contribution in [3.8, 4) is 0 Å². The Morgan fingerprint density at radius 1 is 1.10 bits per heavy atom. The molecule has 0 radical (unpaired) electrons. The van der Waals surface area contributed by atoms with Crippen LogP contribution in [0, 0.1) is 12.7 Å². The Morgan fingerprint density at radius 2 is 1.84 bits per heavy atom. The third-order valence-electron chi connectivity index (χ3n) is 5.43. The van der Waals surface area contributed by atoms with E-state index < -0.39 is 17.6 Å². The molecule has 0 saturated carbocycles. The average molecular weight is 440 g/mol. The summed E-state index contributed by atoms with van der Waals surface area (Å²) in [7, 11) is 0. The van der Waals surface area contributed by atoms with Crippen molar-refractivity contribution in [3.05, 3.63) is 41.3 Å². The molecule has 0 bridgehead atoms. The number of benzene rings is 1. The van der Waals surface area contributed by atoms with Gasteiger partial charge in [0.25, 0.3) is 0 Å². The van der Waals surface area contributed by atoms with Crippen molar-refractivity contribution in [1.29, 1.82) is 0 Å². The molecule has 31 heavy (non-hydrogen) atoms. The highest BCUT2D eigenvalue weighted by Gasteiger charge is 2.34. The summed E-state index contributed by atoms with van der Waals surface area (Å²) < 4.78 is 52.5. The zero-order valence-corrected chi connectivity index (χ0v) is 18.0. The normalized spacial score (nSPS) is 15.2. The fourth-order valence-electron chi connectivity index (χ4n) is 3.82. The second-order valence-corrected chi connectivity index (χ2v) is 7.84. The van der Waals surface area contributed by atoms with E-state index in [2.05, 4.69) is 25.1 Å². The number of nitrogens with one attached hydrogen (secondary N) is 1. The van der Waals surface area contributed by atoms with E-state index in [0.29, 0.717) is 11.5 Å². The van der Waals surface area contributed by atoms with E-state index in [1.807, 2.05) is 19.9 Å². The number of nitrogens with zero attached hydrogens (tertiary/aromatic N) is 4. The summed E-state index contributed by atoms with van der Waals surface area (Å²) in [6.07, 6.45) is 0.0700. The molecule has 1 aromatic heterocycles. The maximum absolute atomic E-state index is 13.5. The molecule has 3 rings (SSSR count). The van der Waals surface area contributed by atoms with Crippen molar-refractivity contribution in [3.63, 3.8) is 0 Å². The van der Waals surface area contributed by atoms with E-state index >= 15 is 0 Å². The summed E-state index contributed by atoms with van der Waals surface area (Å²) in [4.78, 5) is 13.4. The van der Waals surface area contributed by atoms with Gasteiger partial charge < -0.3 is 15.1 Å². The molecule has 1 aromatic carbocycles. The minimum Gasteiger partial charge on any atom is -0.357 e. The van der Waals surface area contributed by atoms with Crippen LogP contribution in [0.3, 0.4) is 0 Å². The van der Waals surface area contributed by atoms with Crippen molar-refractivity contribution in [2.75, 3.05) is 42.9 Å². The SMILES string of the molecule is CCN(CCCN1CCCCC1)c1cc(C)nc(Nc2ccc(F)c(C(F)(F)F)c2)n1. The van der Waals surface area contributed by atoms with Crippen LogP contribution in [-0.4, -0.2) is 47.6 Å². The number of aryl methyl sites for hydroxylation is 1. The summed E-state index contributed by atoms with van der Waals surface area (Å²) in [6.45, 7) is 8.79. The number of halogens is 4. The first-order valence-electron chi connectivity index (χ1n) is 10.7. The first kappa shape index (κ1) is 23.2. The Kier molecular flexibility index (Phi) is 7.69. The van der Waals surface area contributed by atoms with Crippen LogP contribution < -0.4 is 10.2 Å². The Labute approximate surface area is 180 Å². The van der Waals surface area contributed by atoms with Crippen molar-refractivity contribution in [2.45, 2.75) is 45.7 Å². The predicted octanol–water partition coefficient (Wildman–Crippen LogP) is 5.39. The fourth-order valence-corrected chi connectivity index (χ4v) is 3.82. The molecule has 0 spiro atoms. The quantitative estimate of drug-likeness (QED) is 0.559. The minimum atomic E-state index is -4.77. The Balaban J connectivity index is 1.70. The third kappa shape index (κ3) is 6.53. The lowest BCUT2D eigenvalue weighted by Gasteiger charge is -2.28. The van der Waals surface area contributed by atoms with Gasteiger partial charge in [-0.25, -0.2) is 9.37 Å². The maximum Gasteiger partial charge on any atom is 0.419 e. The molecule has 1 N–H and O–H groups in total. The third-order valence-corrected chi connectivity index (χ3v) is 5.43. The molecular weight excluding hydrogens is 410 g/mol. The average Bonchev–Trinajstić information content (AvgIpc) is 2.72. The molecule has 170 valence electrons. The van der Waals surface area contributed by atoms with Gasteiger partial charge >= 0.3 is 6.18 Å². The zero-order valence-electron chi connectivity index (χ0n) is 18.0. The molecule has 1 saturated heterocycles. The number of piperidine rings is 1. The van der Waals surface area contributed by atoms with Gasteiger partial charge in [0.2, 0.25) is 5.95 Å². The van der Waals surface area contributed by atoms with Crippen LogP contribution in [0.25, 0.3) is 0 Å². The fraction of sp³-hybridized carbons (Fsp3) is 0.545. The molecule has 0 unspecified atom stereocenters. The van der Waals surface area contributed by atoms with Gasteiger partial charge in [0, 0.05) is 30.5 Å². The summed E-state index contributed by atoms with van der Waals surface area (Å²) in [6, 6.07) is 4.63. The lowest BCUT2D eigenvalue weighted by Crippen LogP contribution is -2.33. The molecular formula is C22H29F4N5. The van der Waals surface area contributed by atoms with Crippen molar-refractivity contribution >= 4 is 17.5 Å². The van der Waals surface area contributed by atoms with Crippen molar-refractivity contribution in [1.82, 2.24) is 14.9 Å². The molecule has 2 heterocycles. The minimum absolute atomic E-state index is 0.0819. The van der Waals surface area contributed by atoms with Gasteiger partial charge in [-0.1, -0.05) is 6.42 Å². The van der Waals surface area contributed by atoms with Gasteiger partial charge in [0.05, 0.1) is 5.56 Å². The number of anilines is 3. The van der Waals surface area contributed by atoms with E-state index in [9.17, 15) is 17.6 Å². The molecule has 1 aliphatic rings. The first-order valence-corrected chi connectivity index (χ1v) is 10.7. The van der Waals surface area contributed by atoms with Gasteiger partial charge in [-0.2, -0.15) is 18.2 Å². The van der Waals surface area contributed by atoms with Crippen LogP contribution >= 0.6 is 0 Å². The smallest absolute Gasteiger partial charge is 0.357 e. The van der Waals surface area contributed by atoms with Gasteiger partial charge in [0.15, 0.2) is 0 Å². The molecule has 0 atom stereocenters. The van der Waals surface area contributed by atoms with Crippen LogP contribution in [0.2, 0.25) is 0 Å². The Bertz CT molecular complexity index is 865. The van der Waals surface area contributed by atoms with E-state index in [1.165, 1.54) is 25.3 Å². The highest BCUT2D eigenvalue weighted by Crippen LogP contribution is 2.33. The monoisotopic (exact) mass is 439 g/mol. The number of aromatic nitrogens is 2. The maximum atomic E-state index is 13.5. The van der Waals surface area contributed by atoms with Gasteiger partial charge in [-0.3, -0.25) is 0 Å². The number of hydrogen-bond acceptors (Lipinski definition) is 5. The van der Waals surface area contributed by atoms with Crippen molar-refractivity contribution in [2.24, 2.45) is 0 Å². The second-order valence-electron chi connectivity index (χ2n) is 7.84. The Hall–Kier alpha value is -2.42. The van der Waals surface area contributed by atoms with Crippen LogP contribution in [0.15, 0.2) is 24.3 Å². The van der Waals surface area contributed by atoms with E-state index in [-0.39, 0.29) is 11.6 Å². The molecule has 0 amide bonds. The molecule has 1 fully saturated rings. The van der Waals surface area contributed by atoms with E-state index in [4.69, 9.17) is 0 Å². The van der Waals surface area contributed by atoms with Crippen LogP contribution in [0.5, 0.6) is 0 Å². The topological polar surface area (TPSA) is 44.3 Å². The molecule has 5 nitrogen and oxygen atoms in total. The summed E-state index contributed by atoms with van der Waals surface area (Å²) in [5, 5.41) is 2.79. The van der Waals surface area contributed by atoms with E-state index in [0.717, 1.165) is 51.3 Å². The second kappa shape index (κ2) is 10.3. The number of hydrogen-bond donors (Lipinski definition) is 1. The highest BCUT2D eigenvalue weighted by atomic mass is 19.4. The van der Waals surface area contributed by atoms with Crippen molar-refractivity contribution < 1.29 is 17.6 Å². The first-order chi connectivity index (χ1) is 14.8. The highest BCUT2D eigenvalue weighted by molar-refractivity contribution is 5.57. The largest absolute Gasteiger partial charge is 0.419 e. The lowest BCUT2D eigenvalue weighted by atomic mass is 10.1. The Morgan fingerprint density at radius 3 is 2.52 bits per heavy atom. The number of alkyl halides is 3. The van der Waals surface area contributed by atoms with E-state index in [1.54, 1.807) is 0 Å². The van der Waals surface area contributed by atoms with Gasteiger partial charge in [-0.15, -0.1) is 0 Å².